The van der Waals surface area contributed by atoms with Crippen molar-refractivity contribution in [3.63, 3.8) is 0 Å². The van der Waals surface area contributed by atoms with Crippen molar-refractivity contribution in [2.75, 3.05) is 27.3 Å². The van der Waals surface area contributed by atoms with Crippen molar-refractivity contribution in [3.8, 4) is 11.5 Å². The van der Waals surface area contributed by atoms with Gasteiger partial charge in [0.2, 0.25) is 5.91 Å². The smallest absolute Gasteiger partial charge is 0.220 e. The second kappa shape index (κ2) is 8.81. The van der Waals surface area contributed by atoms with Crippen LogP contribution in [0.3, 0.4) is 0 Å². The van der Waals surface area contributed by atoms with Crippen LogP contribution in [-0.2, 0) is 4.79 Å². The molecular weight excluding hydrogens is 410 g/mol. The minimum Gasteiger partial charge on any atom is -0.497 e. The van der Waals surface area contributed by atoms with Crippen LogP contribution in [0.4, 0.5) is 0 Å². The van der Waals surface area contributed by atoms with Gasteiger partial charge in [0.1, 0.15) is 11.5 Å². The molecule has 1 atom stereocenters. The van der Waals surface area contributed by atoms with E-state index in [9.17, 15) is 4.79 Å². The van der Waals surface area contributed by atoms with Crippen LogP contribution in [0.25, 0.3) is 6.08 Å². The number of ether oxygens (including phenoxy) is 2. The highest BCUT2D eigenvalue weighted by molar-refractivity contribution is 7.80. The Morgan fingerprint density at radius 2 is 1.65 bits per heavy atom. The first-order valence-corrected chi connectivity index (χ1v) is 10.4. The second-order valence-electron chi connectivity index (χ2n) is 7.52. The van der Waals surface area contributed by atoms with E-state index in [1.807, 2.05) is 53.4 Å². The molecule has 0 saturated carbocycles. The lowest BCUT2D eigenvalue weighted by Gasteiger charge is -2.40. The zero-order valence-electron chi connectivity index (χ0n) is 17.8. The average molecular weight is 436 g/mol. The van der Waals surface area contributed by atoms with Crippen LogP contribution in [0.15, 0.2) is 65.4 Å². The molecule has 0 radical (unpaired) electrons. The first-order chi connectivity index (χ1) is 15.0. The first-order valence-electron chi connectivity index (χ1n) is 10.0. The van der Waals surface area contributed by atoms with E-state index in [1.165, 1.54) is 0 Å². The summed E-state index contributed by atoms with van der Waals surface area (Å²) in [5.41, 5.74) is 5.17. The number of amides is 1. The highest BCUT2D eigenvalue weighted by Gasteiger charge is 2.34. The van der Waals surface area contributed by atoms with Crippen LogP contribution in [-0.4, -0.2) is 43.2 Å². The summed E-state index contributed by atoms with van der Waals surface area (Å²) in [7, 11) is 3.30. The van der Waals surface area contributed by atoms with Crippen molar-refractivity contribution in [1.82, 2.24) is 15.5 Å². The highest BCUT2D eigenvalue weighted by Crippen LogP contribution is 2.35. The molecule has 0 aliphatic carbocycles. The second-order valence-corrected chi connectivity index (χ2v) is 7.93. The molecule has 2 N–H and O–H groups in total. The molecule has 0 saturated heterocycles. The lowest BCUT2D eigenvalue weighted by Crippen LogP contribution is -2.50. The Kier molecular flexibility index (Phi) is 5.95. The van der Waals surface area contributed by atoms with Crippen LogP contribution < -0.4 is 20.1 Å². The van der Waals surface area contributed by atoms with Gasteiger partial charge in [-0.2, -0.15) is 0 Å². The number of nitrogens with one attached hydrogen (secondary N) is 2. The molecule has 7 heteroatoms. The maximum atomic E-state index is 12.3. The molecule has 1 unspecified atom stereocenters. The molecule has 0 spiro atoms. The Balaban J connectivity index is 1.78. The fraction of sp³-hybridized carbons (Fsp3) is 0.250. The van der Waals surface area contributed by atoms with Crippen LogP contribution in [0.5, 0.6) is 11.5 Å². The monoisotopic (exact) mass is 435 g/mol. The first kappa shape index (κ1) is 20.9. The van der Waals surface area contributed by atoms with Gasteiger partial charge in [0.05, 0.1) is 20.3 Å². The Bertz CT molecular complexity index is 1060. The van der Waals surface area contributed by atoms with E-state index < -0.39 is 0 Å². The highest BCUT2D eigenvalue weighted by atomic mass is 32.1. The maximum absolute atomic E-state index is 12.3. The Morgan fingerprint density at radius 3 is 2.23 bits per heavy atom. The van der Waals surface area contributed by atoms with Gasteiger partial charge >= 0.3 is 0 Å². The van der Waals surface area contributed by atoms with Gasteiger partial charge in [-0.1, -0.05) is 24.3 Å². The molecule has 31 heavy (non-hydrogen) atoms. The number of methoxy groups -OCH3 is 2. The third-order valence-corrected chi connectivity index (χ3v) is 5.80. The van der Waals surface area contributed by atoms with Gasteiger partial charge in [0.25, 0.3) is 0 Å². The van der Waals surface area contributed by atoms with E-state index in [0.29, 0.717) is 18.2 Å². The number of rotatable bonds is 4. The molecule has 160 valence electrons. The van der Waals surface area contributed by atoms with Crippen LogP contribution in [0.2, 0.25) is 0 Å². The summed E-state index contributed by atoms with van der Waals surface area (Å²) in [6.45, 7) is 2.66. The van der Waals surface area contributed by atoms with Crippen LogP contribution in [0.1, 0.15) is 24.1 Å². The van der Waals surface area contributed by atoms with Crippen LogP contribution >= 0.6 is 12.2 Å². The summed E-state index contributed by atoms with van der Waals surface area (Å²) < 4.78 is 10.5. The number of thiocarbonyl (C=S) groups is 1. The van der Waals surface area contributed by atoms with Crippen molar-refractivity contribution >= 4 is 29.3 Å². The van der Waals surface area contributed by atoms with Gasteiger partial charge in [-0.15, -0.1) is 0 Å². The normalized spacial score (nSPS) is 19.5. The van der Waals surface area contributed by atoms with Crippen molar-refractivity contribution in [2.24, 2.45) is 0 Å². The Morgan fingerprint density at radius 1 is 1.03 bits per heavy atom. The largest absolute Gasteiger partial charge is 0.497 e. The number of carbonyl (C=O) groups excluding carboxylic acids is 1. The summed E-state index contributed by atoms with van der Waals surface area (Å²) >= 11 is 5.53. The molecule has 0 bridgehead atoms. The molecule has 2 aromatic rings. The fourth-order valence-corrected chi connectivity index (χ4v) is 4.14. The summed E-state index contributed by atoms with van der Waals surface area (Å²) in [4.78, 5) is 14.2. The standard InChI is InChI=1S/C24H25N3O3S/c1-15(28)27-13-18(12-16-4-8-19(29-2)9-5-16)23-21(14-27)22(25-24(31)26-23)17-6-10-20(30-3)11-7-17/h4-12,22H,13-14H2,1-3H3,(H2,25,26,31)/b18-12+. The summed E-state index contributed by atoms with van der Waals surface area (Å²) in [5, 5.41) is 7.27. The van der Waals surface area contributed by atoms with Crippen molar-refractivity contribution in [3.05, 3.63) is 76.5 Å². The van der Waals surface area contributed by atoms with Crippen molar-refractivity contribution in [2.45, 2.75) is 13.0 Å². The molecule has 1 amide bonds. The molecule has 2 heterocycles. The molecule has 0 aromatic heterocycles. The predicted molar refractivity (Wildman–Crippen MR) is 125 cm³/mol. The van der Waals surface area contributed by atoms with E-state index in [4.69, 9.17) is 21.7 Å². The molecule has 2 aromatic carbocycles. The summed E-state index contributed by atoms with van der Waals surface area (Å²) in [5.74, 6) is 1.63. The summed E-state index contributed by atoms with van der Waals surface area (Å²) in [6, 6.07) is 15.6. The van der Waals surface area contributed by atoms with Gasteiger partial charge in [0, 0.05) is 25.7 Å². The minimum atomic E-state index is -0.129. The lowest BCUT2D eigenvalue weighted by molar-refractivity contribution is -0.128. The van der Waals surface area contributed by atoms with Gasteiger partial charge in [-0.25, -0.2) is 0 Å². The predicted octanol–water partition coefficient (Wildman–Crippen LogP) is 3.42. The number of hydrogen-bond acceptors (Lipinski definition) is 4. The molecule has 6 nitrogen and oxygen atoms in total. The molecular formula is C24H25N3O3S. The Hall–Kier alpha value is -3.32. The fourth-order valence-electron chi connectivity index (χ4n) is 3.92. The van der Waals surface area contributed by atoms with E-state index in [0.717, 1.165) is 39.5 Å². The average Bonchev–Trinajstić information content (AvgIpc) is 2.79. The summed E-state index contributed by atoms with van der Waals surface area (Å²) in [6.07, 6.45) is 2.09. The zero-order valence-corrected chi connectivity index (χ0v) is 18.6. The van der Waals surface area contributed by atoms with Crippen molar-refractivity contribution < 1.29 is 14.3 Å². The third kappa shape index (κ3) is 4.41. The maximum Gasteiger partial charge on any atom is 0.220 e. The van der Waals surface area contributed by atoms with Gasteiger partial charge in [-0.3, -0.25) is 4.79 Å². The molecule has 0 fully saturated rings. The minimum absolute atomic E-state index is 0.0359. The number of benzene rings is 2. The Labute approximate surface area is 187 Å². The zero-order chi connectivity index (χ0) is 22.0. The van der Waals surface area contributed by atoms with E-state index in [2.05, 4.69) is 16.7 Å². The topological polar surface area (TPSA) is 62.8 Å². The third-order valence-electron chi connectivity index (χ3n) is 5.58. The van der Waals surface area contributed by atoms with Gasteiger partial charge in [0.15, 0.2) is 5.11 Å². The molecule has 4 rings (SSSR count). The number of hydrogen-bond donors (Lipinski definition) is 2. The van der Waals surface area contributed by atoms with Crippen LogP contribution in [0, 0.1) is 0 Å². The van der Waals surface area contributed by atoms with Crippen molar-refractivity contribution in [1.29, 1.82) is 0 Å². The quantitative estimate of drug-likeness (QED) is 0.718. The van der Waals surface area contributed by atoms with E-state index in [-0.39, 0.29) is 11.9 Å². The molecule has 2 aliphatic rings. The van der Waals surface area contributed by atoms with Gasteiger partial charge < -0.3 is 25.0 Å². The molecule has 2 aliphatic heterocycles. The lowest BCUT2D eigenvalue weighted by atomic mass is 9.89. The number of carbonyl (C=O) groups is 1. The van der Waals surface area contributed by atoms with E-state index >= 15 is 0 Å². The SMILES string of the molecule is COc1ccc(/C=C2\CN(C(C)=O)CC3=C2NC(=S)NC3c2ccc(OC)cc2)cc1. The van der Waals surface area contributed by atoms with Gasteiger partial charge in [-0.05, 0) is 64.8 Å². The van der Waals surface area contributed by atoms with E-state index in [1.54, 1.807) is 21.1 Å². The number of nitrogens with zero attached hydrogens (tertiary/aromatic N) is 1.